The molecule has 0 aromatic heterocycles. The van der Waals surface area contributed by atoms with Crippen LogP contribution in [-0.2, 0) is 0 Å². The molecule has 1 aliphatic rings. The normalized spacial score (nSPS) is 18.7. The highest BCUT2D eigenvalue weighted by Gasteiger charge is 2.34. The Balaban J connectivity index is 1.87. The minimum atomic E-state index is -0.296. The maximum absolute atomic E-state index is 12.6. The van der Waals surface area contributed by atoms with Crippen molar-refractivity contribution < 1.29 is 9.53 Å². The molecule has 1 aliphatic heterocycles. The van der Waals surface area contributed by atoms with Crippen molar-refractivity contribution in [1.29, 1.82) is 0 Å². The SMILES string of the molecule is Cc1ccc(C(=O)N[C@@H]2CC(C)(C)Oc3ccccc32)cc1C. The fraction of sp³-hybridized carbons (Fsp3) is 0.350. The van der Waals surface area contributed by atoms with E-state index in [1.165, 1.54) is 5.56 Å². The summed E-state index contributed by atoms with van der Waals surface area (Å²) in [6.45, 7) is 8.18. The minimum Gasteiger partial charge on any atom is -0.487 e. The lowest BCUT2D eigenvalue weighted by molar-refractivity contribution is 0.0619. The van der Waals surface area contributed by atoms with Crippen molar-refractivity contribution in [2.24, 2.45) is 0 Å². The molecule has 3 heteroatoms. The van der Waals surface area contributed by atoms with Gasteiger partial charge in [-0.2, -0.15) is 0 Å². The first-order chi connectivity index (χ1) is 10.9. The van der Waals surface area contributed by atoms with Crippen molar-refractivity contribution in [2.45, 2.75) is 45.8 Å². The van der Waals surface area contributed by atoms with Gasteiger partial charge in [-0.15, -0.1) is 0 Å². The molecule has 0 saturated carbocycles. The van der Waals surface area contributed by atoms with Gasteiger partial charge < -0.3 is 10.1 Å². The first-order valence-electron chi connectivity index (χ1n) is 8.02. The van der Waals surface area contributed by atoms with Gasteiger partial charge in [0.2, 0.25) is 0 Å². The van der Waals surface area contributed by atoms with Gasteiger partial charge in [0.05, 0.1) is 6.04 Å². The molecular formula is C20H23NO2. The van der Waals surface area contributed by atoms with Crippen LogP contribution < -0.4 is 10.1 Å². The van der Waals surface area contributed by atoms with E-state index < -0.39 is 0 Å². The lowest BCUT2D eigenvalue weighted by Gasteiger charge is -2.37. The van der Waals surface area contributed by atoms with Crippen molar-refractivity contribution in [3.05, 3.63) is 64.7 Å². The third-order valence-electron chi connectivity index (χ3n) is 4.45. The number of hydrogen-bond donors (Lipinski definition) is 1. The van der Waals surface area contributed by atoms with E-state index in [-0.39, 0.29) is 17.6 Å². The van der Waals surface area contributed by atoms with Crippen LogP contribution in [0.1, 0.15) is 53.4 Å². The molecular weight excluding hydrogens is 286 g/mol. The van der Waals surface area contributed by atoms with Crippen LogP contribution in [0.4, 0.5) is 0 Å². The lowest BCUT2D eigenvalue weighted by atomic mass is 9.89. The van der Waals surface area contributed by atoms with E-state index in [4.69, 9.17) is 4.74 Å². The number of nitrogens with one attached hydrogen (secondary N) is 1. The molecule has 3 nitrogen and oxygen atoms in total. The van der Waals surface area contributed by atoms with Crippen LogP contribution in [0.2, 0.25) is 0 Å². The summed E-state index contributed by atoms with van der Waals surface area (Å²) in [5.41, 5.74) is 3.78. The lowest BCUT2D eigenvalue weighted by Crippen LogP contribution is -2.41. The first kappa shape index (κ1) is 15.6. The summed E-state index contributed by atoms with van der Waals surface area (Å²) in [5, 5.41) is 3.17. The average molecular weight is 309 g/mol. The van der Waals surface area contributed by atoms with Crippen molar-refractivity contribution in [1.82, 2.24) is 5.32 Å². The van der Waals surface area contributed by atoms with Crippen LogP contribution in [0.15, 0.2) is 42.5 Å². The molecule has 2 aromatic carbocycles. The molecule has 0 bridgehead atoms. The molecule has 3 rings (SSSR count). The van der Waals surface area contributed by atoms with Gasteiger partial charge in [0.25, 0.3) is 5.91 Å². The van der Waals surface area contributed by atoms with Crippen LogP contribution in [0.25, 0.3) is 0 Å². The largest absolute Gasteiger partial charge is 0.487 e. The zero-order chi connectivity index (χ0) is 16.6. The predicted molar refractivity (Wildman–Crippen MR) is 91.9 cm³/mol. The molecule has 2 aromatic rings. The number of para-hydroxylation sites is 1. The Morgan fingerprint density at radius 2 is 1.87 bits per heavy atom. The number of aryl methyl sites for hydroxylation is 2. The Labute approximate surface area is 137 Å². The van der Waals surface area contributed by atoms with Crippen LogP contribution >= 0.6 is 0 Å². The number of amides is 1. The van der Waals surface area contributed by atoms with Crippen LogP contribution in [0, 0.1) is 13.8 Å². The van der Waals surface area contributed by atoms with E-state index in [0.717, 1.165) is 23.3 Å². The highest BCUT2D eigenvalue weighted by Crippen LogP contribution is 2.39. The predicted octanol–water partition coefficient (Wildman–Crippen LogP) is 4.34. The Hall–Kier alpha value is -2.29. The molecule has 1 heterocycles. The maximum atomic E-state index is 12.6. The number of carbonyl (C=O) groups is 1. The highest BCUT2D eigenvalue weighted by atomic mass is 16.5. The second-order valence-corrected chi connectivity index (χ2v) is 6.93. The fourth-order valence-electron chi connectivity index (χ4n) is 3.06. The Kier molecular flexibility index (Phi) is 3.88. The first-order valence-corrected chi connectivity index (χ1v) is 8.02. The molecule has 0 aliphatic carbocycles. The molecule has 1 N–H and O–H groups in total. The number of carbonyl (C=O) groups excluding carboxylic acids is 1. The summed E-state index contributed by atoms with van der Waals surface area (Å²) in [5.74, 6) is 0.819. The van der Waals surface area contributed by atoms with Gasteiger partial charge in [-0.3, -0.25) is 4.79 Å². The van der Waals surface area contributed by atoms with Gasteiger partial charge in [-0.25, -0.2) is 0 Å². The summed E-state index contributed by atoms with van der Waals surface area (Å²) in [4.78, 5) is 12.6. The monoisotopic (exact) mass is 309 g/mol. The maximum Gasteiger partial charge on any atom is 0.251 e. The van der Waals surface area contributed by atoms with E-state index in [1.54, 1.807) is 0 Å². The minimum absolute atomic E-state index is 0.0365. The van der Waals surface area contributed by atoms with Gasteiger partial charge in [0.15, 0.2) is 0 Å². The molecule has 1 atom stereocenters. The standard InChI is InChI=1S/C20H23NO2/c1-13-9-10-15(11-14(13)2)19(22)21-17-12-20(3,4)23-18-8-6-5-7-16(17)18/h5-11,17H,12H2,1-4H3,(H,21,22)/t17-/m1/s1. The van der Waals surface area contributed by atoms with Gasteiger partial charge in [0, 0.05) is 17.5 Å². The molecule has 23 heavy (non-hydrogen) atoms. The summed E-state index contributed by atoms with van der Waals surface area (Å²) in [6, 6.07) is 13.7. The van der Waals surface area contributed by atoms with E-state index in [2.05, 4.69) is 19.2 Å². The van der Waals surface area contributed by atoms with Gasteiger partial charge in [0.1, 0.15) is 11.4 Å². The van der Waals surface area contributed by atoms with E-state index in [9.17, 15) is 4.79 Å². The highest BCUT2D eigenvalue weighted by molar-refractivity contribution is 5.94. The fourth-order valence-corrected chi connectivity index (χ4v) is 3.06. The van der Waals surface area contributed by atoms with E-state index >= 15 is 0 Å². The number of hydrogen-bond acceptors (Lipinski definition) is 2. The van der Waals surface area contributed by atoms with Crippen molar-refractivity contribution in [2.75, 3.05) is 0 Å². The molecule has 0 fully saturated rings. The molecule has 120 valence electrons. The van der Waals surface area contributed by atoms with E-state index in [1.807, 2.05) is 56.3 Å². The second kappa shape index (κ2) is 5.73. The second-order valence-electron chi connectivity index (χ2n) is 6.93. The number of fused-ring (bicyclic) bond motifs is 1. The molecule has 0 saturated heterocycles. The molecule has 0 radical (unpaired) electrons. The Bertz CT molecular complexity index is 749. The summed E-state index contributed by atoms with van der Waals surface area (Å²) in [7, 11) is 0. The zero-order valence-corrected chi connectivity index (χ0v) is 14.1. The Morgan fingerprint density at radius 3 is 2.61 bits per heavy atom. The van der Waals surface area contributed by atoms with Crippen molar-refractivity contribution in [3.8, 4) is 5.75 Å². The molecule has 1 amide bonds. The molecule has 0 spiro atoms. The number of benzene rings is 2. The van der Waals surface area contributed by atoms with Crippen LogP contribution in [0.3, 0.4) is 0 Å². The smallest absolute Gasteiger partial charge is 0.251 e. The summed E-state index contributed by atoms with van der Waals surface area (Å²) in [6.07, 6.45) is 0.751. The third-order valence-corrected chi connectivity index (χ3v) is 4.45. The van der Waals surface area contributed by atoms with Gasteiger partial charge in [-0.1, -0.05) is 24.3 Å². The quantitative estimate of drug-likeness (QED) is 0.896. The van der Waals surface area contributed by atoms with E-state index in [0.29, 0.717) is 5.56 Å². The van der Waals surface area contributed by atoms with Gasteiger partial charge in [-0.05, 0) is 57.0 Å². The van der Waals surface area contributed by atoms with Crippen LogP contribution in [-0.4, -0.2) is 11.5 Å². The third kappa shape index (κ3) is 3.24. The average Bonchev–Trinajstić information content (AvgIpc) is 2.48. The topological polar surface area (TPSA) is 38.3 Å². The molecule has 0 unspecified atom stereocenters. The Morgan fingerprint density at radius 1 is 1.13 bits per heavy atom. The number of rotatable bonds is 2. The van der Waals surface area contributed by atoms with Crippen molar-refractivity contribution in [3.63, 3.8) is 0 Å². The van der Waals surface area contributed by atoms with Crippen molar-refractivity contribution >= 4 is 5.91 Å². The summed E-state index contributed by atoms with van der Waals surface area (Å²) < 4.78 is 6.02. The van der Waals surface area contributed by atoms with Crippen LogP contribution in [0.5, 0.6) is 5.75 Å². The summed E-state index contributed by atoms with van der Waals surface area (Å²) >= 11 is 0. The van der Waals surface area contributed by atoms with Gasteiger partial charge >= 0.3 is 0 Å². The number of ether oxygens (including phenoxy) is 1. The zero-order valence-electron chi connectivity index (χ0n) is 14.1.